The highest BCUT2D eigenvalue weighted by molar-refractivity contribution is 5.25. The van der Waals surface area contributed by atoms with Gasteiger partial charge in [-0.05, 0) is 42.7 Å². The van der Waals surface area contributed by atoms with Gasteiger partial charge in [-0.1, -0.05) is 65.3 Å². The lowest BCUT2D eigenvalue weighted by atomic mass is 9.88. The smallest absolute Gasteiger partial charge is 0.0248 e. The van der Waals surface area contributed by atoms with E-state index in [0.717, 1.165) is 11.8 Å². The van der Waals surface area contributed by atoms with Crippen molar-refractivity contribution in [3.05, 3.63) is 35.4 Å². The van der Waals surface area contributed by atoms with Gasteiger partial charge in [-0.3, -0.25) is 0 Å². The third-order valence-electron chi connectivity index (χ3n) is 3.15. The molecule has 0 nitrogen and oxygen atoms in total. The van der Waals surface area contributed by atoms with Crippen LogP contribution in [-0.4, -0.2) is 0 Å². The number of hydrogen-bond acceptors (Lipinski definition) is 0. The lowest BCUT2D eigenvalue weighted by Crippen LogP contribution is -2.07. The Bertz CT molecular complexity index is 286. The van der Waals surface area contributed by atoms with Crippen molar-refractivity contribution in [2.24, 2.45) is 11.8 Å². The number of aryl methyl sites for hydroxylation is 1. The van der Waals surface area contributed by atoms with Gasteiger partial charge in [0.15, 0.2) is 0 Å². The maximum atomic E-state index is 2.32. The van der Waals surface area contributed by atoms with Gasteiger partial charge in [0.05, 0.1) is 0 Å². The first-order valence-corrected chi connectivity index (χ1v) is 7.18. The molecule has 1 atom stereocenters. The van der Waals surface area contributed by atoms with Crippen LogP contribution in [0.4, 0.5) is 0 Å². The molecule has 0 spiro atoms. The van der Waals surface area contributed by atoms with E-state index in [1.54, 1.807) is 0 Å². The van der Waals surface area contributed by atoms with Gasteiger partial charge in [0, 0.05) is 0 Å². The molecule has 98 valence electrons. The second-order valence-corrected chi connectivity index (χ2v) is 5.03. The second kappa shape index (κ2) is 9.27. The van der Waals surface area contributed by atoms with Gasteiger partial charge in [0.25, 0.3) is 0 Å². The van der Waals surface area contributed by atoms with Crippen LogP contribution in [0, 0.1) is 18.8 Å². The molecule has 1 aromatic carbocycles. The Hall–Kier alpha value is -0.780. The predicted octanol–water partition coefficient (Wildman–Crippen LogP) is 5.64. The molecular formula is C17H30. The highest BCUT2D eigenvalue weighted by atomic mass is 14.2. The van der Waals surface area contributed by atoms with Crippen molar-refractivity contribution in [2.45, 2.75) is 60.8 Å². The van der Waals surface area contributed by atoms with E-state index < -0.39 is 0 Å². The highest BCUT2D eigenvalue weighted by Gasteiger charge is 2.10. The molecule has 0 saturated carbocycles. The van der Waals surface area contributed by atoms with Gasteiger partial charge >= 0.3 is 0 Å². The maximum absolute atomic E-state index is 2.32. The molecule has 0 radical (unpaired) electrons. The summed E-state index contributed by atoms with van der Waals surface area (Å²) in [5.74, 6) is 1.67. The zero-order valence-electron chi connectivity index (χ0n) is 12.6. The average Bonchev–Trinajstić information content (AvgIpc) is 2.33. The Morgan fingerprint density at radius 1 is 1.06 bits per heavy atom. The van der Waals surface area contributed by atoms with Crippen LogP contribution in [0.15, 0.2) is 24.3 Å². The molecular weight excluding hydrogens is 204 g/mol. The number of benzene rings is 1. The van der Waals surface area contributed by atoms with E-state index in [1.807, 2.05) is 13.8 Å². The fourth-order valence-electron chi connectivity index (χ4n) is 2.21. The van der Waals surface area contributed by atoms with Crippen LogP contribution in [-0.2, 0) is 6.42 Å². The molecule has 17 heavy (non-hydrogen) atoms. The van der Waals surface area contributed by atoms with E-state index in [0.29, 0.717) is 0 Å². The molecule has 1 aromatic rings. The molecule has 0 heterocycles. The molecule has 1 unspecified atom stereocenters. The molecule has 0 aliphatic heterocycles. The molecule has 0 aromatic heterocycles. The molecule has 0 saturated heterocycles. The van der Waals surface area contributed by atoms with Gasteiger partial charge in [0.1, 0.15) is 0 Å². The van der Waals surface area contributed by atoms with E-state index in [4.69, 9.17) is 0 Å². The van der Waals surface area contributed by atoms with Gasteiger partial charge < -0.3 is 0 Å². The predicted molar refractivity (Wildman–Crippen MR) is 79.5 cm³/mol. The standard InChI is InChI=1S/C15H24.C2H6/c1-5-14(10-12(2)3)11-15-9-7-6-8-13(15)4;1-2/h6-9,12,14H,5,10-11H2,1-4H3;1-2H3. The highest BCUT2D eigenvalue weighted by Crippen LogP contribution is 2.21. The molecule has 0 amide bonds. The molecule has 0 N–H and O–H groups in total. The average molecular weight is 234 g/mol. The Kier molecular flexibility index (Phi) is 8.85. The van der Waals surface area contributed by atoms with Crippen LogP contribution < -0.4 is 0 Å². The maximum Gasteiger partial charge on any atom is -0.0248 e. The van der Waals surface area contributed by atoms with E-state index in [1.165, 1.54) is 30.4 Å². The quantitative estimate of drug-likeness (QED) is 0.619. The summed E-state index contributed by atoms with van der Waals surface area (Å²) in [7, 11) is 0. The summed E-state index contributed by atoms with van der Waals surface area (Å²) >= 11 is 0. The second-order valence-electron chi connectivity index (χ2n) is 5.03. The summed E-state index contributed by atoms with van der Waals surface area (Å²) in [5.41, 5.74) is 2.98. The first-order chi connectivity index (χ1) is 8.13. The molecule has 0 bridgehead atoms. The Morgan fingerprint density at radius 2 is 1.65 bits per heavy atom. The minimum atomic E-state index is 0.818. The zero-order valence-corrected chi connectivity index (χ0v) is 12.6. The minimum absolute atomic E-state index is 0.818. The molecule has 0 heteroatoms. The molecule has 0 fully saturated rings. The van der Waals surface area contributed by atoms with E-state index >= 15 is 0 Å². The van der Waals surface area contributed by atoms with Gasteiger partial charge in [-0.25, -0.2) is 0 Å². The van der Waals surface area contributed by atoms with Crippen LogP contribution in [0.25, 0.3) is 0 Å². The Morgan fingerprint density at radius 3 is 2.12 bits per heavy atom. The van der Waals surface area contributed by atoms with Crippen molar-refractivity contribution in [3.63, 3.8) is 0 Å². The monoisotopic (exact) mass is 234 g/mol. The van der Waals surface area contributed by atoms with E-state index in [9.17, 15) is 0 Å². The third-order valence-corrected chi connectivity index (χ3v) is 3.15. The van der Waals surface area contributed by atoms with Gasteiger partial charge in [-0.2, -0.15) is 0 Å². The summed E-state index contributed by atoms with van der Waals surface area (Å²) in [5, 5.41) is 0. The van der Waals surface area contributed by atoms with Crippen molar-refractivity contribution in [1.82, 2.24) is 0 Å². The topological polar surface area (TPSA) is 0 Å². The van der Waals surface area contributed by atoms with Crippen LogP contribution in [0.3, 0.4) is 0 Å². The SMILES string of the molecule is CC.CCC(Cc1ccccc1C)CC(C)C. The van der Waals surface area contributed by atoms with Crippen LogP contribution in [0.1, 0.15) is 58.6 Å². The van der Waals surface area contributed by atoms with Crippen molar-refractivity contribution >= 4 is 0 Å². The normalized spacial score (nSPS) is 11.9. The van der Waals surface area contributed by atoms with Gasteiger partial charge in [0.2, 0.25) is 0 Å². The van der Waals surface area contributed by atoms with E-state index in [2.05, 4.69) is 52.0 Å². The molecule has 0 aliphatic rings. The molecule has 1 rings (SSSR count). The first kappa shape index (κ1) is 16.2. The third kappa shape index (κ3) is 6.51. The van der Waals surface area contributed by atoms with Crippen molar-refractivity contribution in [1.29, 1.82) is 0 Å². The number of rotatable bonds is 5. The Balaban J connectivity index is 0.00000121. The fraction of sp³-hybridized carbons (Fsp3) is 0.647. The van der Waals surface area contributed by atoms with Crippen LogP contribution in [0.5, 0.6) is 0 Å². The van der Waals surface area contributed by atoms with Gasteiger partial charge in [-0.15, -0.1) is 0 Å². The summed E-state index contributed by atoms with van der Waals surface area (Å²) in [6.07, 6.45) is 3.90. The summed E-state index contributed by atoms with van der Waals surface area (Å²) in [4.78, 5) is 0. The minimum Gasteiger partial charge on any atom is -0.0683 e. The van der Waals surface area contributed by atoms with Crippen molar-refractivity contribution < 1.29 is 0 Å². The number of hydrogen-bond donors (Lipinski definition) is 0. The fourth-order valence-corrected chi connectivity index (χ4v) is 2.21. The molecule has 0 aliphatic carbocycles. The van der Waals surface area contributed by atoms with Crippen molar-refractivity contribution in [2.75, 3.05) is 0 Å². The van der Waals surface area contributed by atoms with Crippen LogP contribution >= 0.6 is 0 Å². The lowest BCUT2D eigenvalue weighted by Gasteiger charge is -2.18. The Labute approximate surface area is 108 Å². The summed E-state index contributed by atoms with van der Waals surface area (Å²) in [6.45, 7) is 13.2. The summed E-state index contributed by atoms with van der Waals surface area (Å²) in [6, 6.07) is 8.78. The lowest BCUT2D eigenvalue weighted by molar-refractivity contribution is 0.396. The summed E-state index contributed by atoms with van der Waals surface area (Å²) < 4.78 is 0. The van der Waals surface area contributed by atoms with E-state index in [-0.39, 0.29) is 0 Å². The van der Waals surface area contributed by atoms with Crippen LogP contribution in [0.2, 0.25) is 0 Å². The zero-order chi connectivity index (χ0) is 13.3. The first-order valence-electron chi connectivity index (χ1n) is 7.18. The largest absolute Gasteiger partial charge is 0.0683 e. The van der Waals surface area contributed by atoms with Crippen molar-refractivity contribution in [3.8, 4) is 0 Å².